The molecule has 1 fully saturated rings. The first-order chi connectivity index (χ1) is 9.70. The van der Waals surface area contributed by atoms with Gasteiger partial charge in [-0.2, -0.15) is 0 Å². The monoisotopic (exact) mass is 281 g/mol. The lowest BCUT2D eigenvalue weighted by Gasteiger charge is -2.22. The summed E-state index contributed by atoms with van der Waals surface area (Å²) in [6, 6.07) is 4.69. The van der Waals surface area contributed by atoms with E-state index in [1.54, 1.807) is 12.1 Å². The number of hydrogen-bond acceptors (Lipinski definition) is 1. The van der Waals surface area contributed by atoms with Crippen molar-refractivity contribution in [3.8, 4) is 0 Å². The van der Waals surface area contributed by atoms with Gasteiger partial charge in [-0.05, 0) is 37.4 Å². The van der Waals surface area contributed by atoms with Gasteiger partial charge >= 0.3 is 0 Å². The Morgan fingerprint density at radius 3 is 2.50 bits per heavy atom. The van der Waals surface area contributed by atoms with E-state index < -0.39 is 11.6 Å². The Hall–Kier alpha value is -0.960. The van der Waals surface area contributed by atoms with E-state index in [0.717, 1.165) is 12.3 Å². The summed E-state index contributed by atoms with van der Waals surface area (Å²) in [6.07, 6.45) is 9.51. The zero-order chi connectivity index (χ0) is 14.4. The summed E-state index contributed by atoms with van der Waals surface area (Å²) in [5.74, 6) is -0.702. The molecule has 3 heteroatoms. The van der Waals surface area contributed by atoms with Crippen LogP contribution in [0.3, 0.4) is 0 Å². The van der Waals surface area contributed by atoms with E-state index in [1.807, 2.05) is 7.05 Å². The fraction of sp³-hybridized carbons (Fsp3) is 0.647. The van der Waals surface area contributed by atoms with Crippen molar-refractivity contribution in [1.82, 2.24) is 5.32 Å². The molecule has 0 heterocycles. The Balaban J connectivity index is 1.95. The molecule has 1 saturated carbocycles. The summed E-state index contributed by atoms with van der Waals surface area (Å²) in [4.78, 5) is 0. The fourth-order valence-corrected chi connectivity index (χ4v) is 3.28. The molecule has 1 atom stereocenters. The Morgan fingerprint density at radius 1 is 1.15 bits per heavy atom. The molecular weight excluding hydrogens is 256 g/mol. The van der Waals surface area contributed by atoms with E-state index in [1.165, 1.54) is 44.6 Å². The molecule has 1 N–H and O–H groups in total. The maximum absolute atomic E-state index is 13.7. The highest BCUT2D eigenvalue weighted by molar-refractivity contribution is 5.20. The lowest BCUT2D eigenvalue weighted by molar-refractivity contribution is 0.358. The first-order valence-electron chi connectivity index (χ1n) is 7.81. The summed E-state index contributed by atoms with van der Waals surface area (Å²) >= 11 is 0. The van der Waals surface area contributed by atoms with E-state index in [4.69, 9.17) is 0 Å². The topological polar surface area (TPSA) is 12.0 Å². The summed E-state index contributed by atoms with van der Waals surface area (Å²) in [6.45, 7) is 0. The van der Waals surface area contributed by atoms with Gasteiger partial charge in [-0.25, -0.2) is 8.78 Å². The van der Waals surface area contributed by atoms with Crippen LogP contribution in [0.15, 0.2) is 18.2 Å². The first-order valence-corrected chi connectivity index (χ1v) is 7.81. The maximum atomic E-state index is 13.7. The van der Waals surface area contributed by atoms with Gasteiger partial charge in [0.15, 0.2) is 11.6 Å². The Kier molecular flexibility index (Phi) is 5.96. The van der Waals surface area contributed by atoms with Crippen molar-refractivity contribution in [2.45, 2.75) is 57.4 Å². The van der Waals surface area contributed by atoms with Crippen LogP contribution in [0.1, 0.15) is 50.5 Å². The van der Waals surface area contributed by atoms with Crippen molar-refractivity contribution in [2.75, 3.05) is 7.05 Å². The highest BCUT2D eigenvalue weighted by Gasteiger charge is 2.19. The molecule has 0 spiro atoms. The molecule has 1 aliphatic carbocycles. The van der Waals surface area contributed by atoms with Crippen LogP contribution >= 0.6 is 0 Å². The van der Waals surface area contributed by atoms with Gasteiger partial charge in [0.2, 0.25) is 0 Å². The van der Waals surface area contributed by atoms with Gasteiger partial charge in [-0.3, -0.25) is 0 Å². The second-order valence-electron chi connectivity index (χ2n) is 6.00. The van der Waals surface area contributed by atoms with E-state index in [2.05, 4.69) is 5.32 Å². The Morgan fingerprint density at radius 2 is 1.85 bits per heavy atom. The number of benzene rings is 1. The van der Waals surface area contributed by atoms with Gasteiger partial charge in [0.25, 0.3) is 0 Å². The van der Waals surface area contributed by atoms with Crippen LogP contribution in [0.5, 0.6) is 0 Å². The SMILES string of the molecule is CNC(Cc1cccc(F)c1F)CC1CCCCCC1. The van der Waals surface area contributed by atoms with Crippen LogP contribution in [-0.2, 0) is 6.42 Å². The van der Waals surface area contributed by atoms with E-state index in [9.17, 15) is 8.78 Å². The number of likely N-dealkylation sites (N-methyl/N-ethyl adjacent to an activating group) is 1. The summed E-state index contributed by atoms with van der Waals surface area (Å²) < 4.78 is 27.0. The van der Waals surface area contributed by atoms with Gasteiger partial charge in [-0.1, -0.05) is 50.7 Å². The third-order valence-corrected chi connectivity index (χ3v) is 4.50. The van der Waals surface area contributed by atoms with Crippen molar-refractivity contribution < 1.29 is 8.78 Å². The van der Waals surface area contributed by atoms with Crippen molar-refractivity contribution in [1.29, 1.82) is 0 Å². The second-order valence-corrected chi connectivity index (χ2v) is 6.00. The van der Waals surface area contributed by atoms with Crippen molar-refractivity contribution in [2.24, 2.45) is 5.92 Å². The lowest BCUT2D eigenvalue weighted by Crippen LogP contribution is -2.30. The molecule has 20 heavy (non-hydrogen) atoms. The van der Waals surface area contributed by atoms with Crippen LogP contribution in [0, 0.1) is 17.6 Å². The minimum atomic E-state index is -0.744. The van der Waals surface area contributed by atoms with Crippen LogP contribution in [0.2, 0.25) is 0 Å². The van der Waals surface area contributed by atoms with Gasteiger partial charge in [0.1, 0.15) is 0 Å². The molecule has 112 valence electrons. The predicted octanol–water partition coefficient (Wildman–Crippen LogP) is 4.46. The zero-order valence-electron chi connectivity index (χ0n) is 12.3. The number of nitrogens with one attached hydrogen (secondary N) is 1. The molecule has 1 aromatic carbocycles. The standard InChI is InChI=1S/C17H25F2N/c1-20-15(11-13-7-4-2-3-5-8-13)12-14-9-6-10-16(18)17(14)19/h6,9-10,13,15,20H,2-5,7-8,11-12H2,1H3. The normalized spacial score (nSPS) is 18.8. The smallest absolute Gasteiger partial charge is 0.162 e. The van der Waals surface area contributed by atoms with Gasteiger partial charge < -0.3 is 5.32 Å². The number of halogens is 2. The largest absolute Gasteiger partial charge is 0.317 e. The molecule has 2 rings (SSSR count). The van der Waals surface area contributed by atoms with E-state index in [-0.39, 0.29) is 6.04 Å². The highest BCUT2D eigenvalue weighted by Crippen LogP contribution is 2.27. The molecule has 0 aromatic heterocycles. The number of rotatable bonds is 5. The lowest BCUT2D eigenvalue weighted by atomic mass is 9.90. The fourth-order valence-electron chi connectivity index (χ4n) is 3.28. The quantitative estimate of drug-likeness (QED) is 0.786. The Labute approximate surface area is 120 Å². The minimum Gasteiger partial charge on any atom is -0.317 e. The van der Waals surface area contributed by atoms with Gasteiger partial charge in [0, 0.05) is 6.04 Å². The molecule has 0 amide bonds. The third-order valence-electron chi connectivity index (χ3n) is 4.50. The van der Waals surface area contributed by atoms with E-state index in [0.29, 0.717) is 12.0 Å². The molecule has 1 aliphatic rings. The average Bonchev–Trinajstić information content (AvgIpc) is 2.71. The minimum absolute atomic E-state index is 0.231. The highest BCUT2D eigenvalue weighted by atomic mass is 19.2. The molecule has 1 nitrogen and oxygen atoms in total. The van der Waals surface area contributed by atoms with E-state index >= 15 is 0 Å². The molecule has 1 unspecified atom stereocenters. The summed E-state index contributed by atoms with van der Waals surface area (Å²) in [5.41, 5.74) is 0.484. The Bertz CT molecular complexity index is 411. The first kappa shape index (κ1) is 15.4. The maximum Gasteiger partial charge on any atom is 0.162 e. The zero-order valence-corrected chi connectivity index (χ0v) is 12.3. The number of hydrogen-bond donors (Lipinski definition) is 1. The molecule has 0 aliphatic heterocycles. The van der Waals surface area contributed by atoms with Crippen molar-refractivity contribution in [3.63, 3.8) is 0 Å². The van der Waals surface area contributed by atoms with Gasteiger partial charge in [0.05, 0.1) is 0 Å². The van der Waals surface area contributed by atoms with Gasteiger partial charge in [-0.15, -0.1) is 0 Å². The van der Waals surface area contributed by atoms with Crippen molar-refractivity contribution in [3.05, 3.63) is 35.4 Å². The molecular formula is C17H25F2N. The summed E-state index contributed by atoms with van der Waals surface area (Å²) in [7, 11) is 1.92. The van der Waals surface area contributed by atoms with Crippen molar-refractivity contribution >= 4 is 0 Å². The average molecular weight is 281 g/mol. The molecule has 0 bridgehead atoms. The molecule has 0 saturated heterocycles. The van der Waals surface area contributed by atoms with Crippen LogP contribution in [0.25, 0.3) is 0 Å². The second kappa shape index (κ2) is 7.72. The molecule has 0 radical (unpaired) electrons. The third kappa shape index (κ3) is 4.27. The predicted molar refractivity (Wildman–Crippen MR) is 78.7 cm³/mol. The van der Waals surface area contributed by atoms with Crippen LogP contribution < -0.4 is 5.32 Å². The summed E-state index contributed by atoms with van der Waals surface area (Å²) in [5, 5.41) is 3.28. The van der Waals surface area contributed by atoms with Crippen LogP contribution in [-0.4, -0.2) is 13.1 Å². The van der Waals surface area contributed by atoms with Crippen LogP contribution in [0.4, 0.5) is 8.78 Å². The molecule has 1 aromatic rings.